The Balaban J connectivity index is 1.90. The molecule has 222 valence electrons. The normalized spacial score (nSPS) is 13.3. The fourth-order valence-electron chi connectivity index (χ4n) is 4.42. The molecule has 0 spiro atoms. The number of hydrogen-bond acceptors (Lipinski definition) is 5. The molecule has 5 nitrogen and oxygen atoms in total. The number of allylic oxidation sites excluding steroid dienone is 1. The van der Waals surface area contributed by atoms with E-state index in [4.69, 9.17) is 4.74 Å². The van der Waals surface area contributed by atoms with Crippen LogP contribution in [-0.2, 0) is 6.54 Å². The minimum Gasteiger partial charge on any atom is -0.495 e. The van der Waals surface area contributed by atoms with Crippen LogP contribution in [0.1, 0.15) is 32.4 Å². The molecule has 0 bridgehead atoms. The lowest BCUT2D eigenvalue weighted by Gasteiger charge is -2.17. The molecule has 2 atom stereocenters. The number of thioether (sulfide) groups is 1. The summed E-state index contributed by atoms with van der Waals surface area (Å²) in [6.07, 6.45) is 0.211. The second-order valence-electron chi connectivity index (χ2n) is 9.98. The Hall–Kier alpha value is -3.29. The number of halogens is 4. The van der Waals surface area contributed by atoms with Gasteiger partial charge in [0.1, 0.15) is 18.5 Å². The molecule has 0 fully saturated rings. The lowest BCUT2D eigenvalue weighted by Crippen LogP contribution is -2.19. The second kappa shape index (κ2) is 15.1. The zero-order valence-electron chi connectivity index (χ0n) is 23.7. The highest BCUT2D eigenvalue weighted by Crippen LogP contribution is 2.31. The summed E-state index contributed by atoms with van der Waals surface area (Å²) in [4.78, 5) is 1.04. The molecule has 3 rings (SSSR count). The molecule has 0 radical (unpaired) electrons. The number of aliphatic hydroxyl groups excluding tert-OH is 1. The predicted octanol–water partition coefficient (Wildman–Crippen LogP) is 7.50. The van der Waals surface area contributed by atoms with Crippen molar-refractivity contribution in [1.29, 1.82) is 0 Å². The van der Waals surface area contributed by atoms with Gasteiger partial charge in [-0.3, -0.25) is 0 Å². The third-order valence-corrected chi connectivity index (χ3v) is 7.03. The zero-order chi connectivity index (χ0) is 30.0. The maximum atomic E-state index is 14.3. The molecular formula is C31H37F4N3O2S. The Morgan fingerprint density at radius 1 is 1.12 bits per heavy atom. The number of aliphatic hydroxyl groups is 1. The fourth-order valence-corrected chi connectivity index (χ4v) is 4.85. The minimum absolute atomic E-state index is 0.136. The van der Waals surface area contributed by atoms with Crippen molar-refractivity contribution in [3.05, 3.63) is 60.3 Å². The third kappa shape index (κ3) is 9.65. The quantitative estimate of drug-likeness (QED) is 0.0832. The number of fused-ring (bicyclic) bond motifs is 1. The first-order valence-electron chi connectivity index (χ1n) is 13.4. The molecule has 1 heterocycles. The van der Waals surface area contributed by atoms with Crippen molar-refractivity contribution in [2.24, 2.45) is 5.92 Å². The summed E-state index contributed by atoms with van der Waals surface area (Å²) in [5, 5.41) is 16.5. The number of ether oxygens (including phenoxy) is 1. The van der Waals surface area contributed by atoms with Crippen LogP contribution in [0, 0.1) is 17.8 Å². The van der Waals surface area contributed by atoms with Gasteiger partial charge in [0.25, 0.3) is 0 Å². The Morgan fingerprint density at radius 3 is 2.56 bits per heavy atom. The largest absolute Gasteiger partial charge is 0.495 e. The van der Waals surface area contributed by atoms with Gasteiger partial charge in [0.2, 0.25) is 0 Å². The lowest BCUT2D eigenvalue weighted by molar-refractivity contribution is -0.140. The number of alkyl halides is 4. The molecule has 41 heavy (non-hydrogen) atoms. The number of methoxy groups -OCH3 is 1. The molecule has 0 saturated heterocycles. The molecule has 2 unspecified atom stereocenters. The van der Waals surface area contributed by atoms with E-state index in [-0.39, 0.29) is 24.8 Å². The van der Waals surface area contributed by atoms with Gasteiger partial charge in [0, 0.05) is 28.6 Å². The molecule has 10 heteroatoms. The van der Waals surface area contributed by atoms with Crippen LogP contribution in [0.4, 0.5) is 28.9 Å². The molecule has 0 saturated carbocycles. The van der Waals surface area contributed by atoms with E-state index in [0.717, 1.165) is 15.1 Å². The highest BCUT2D eigenvalue weighted by atomic mass is 32.2. The topological polar surface area (TPSA) is 58.4 Å². The van der Waals surface area contributed by atoms with Crippen LogP contribution in [0.25, 0.3) is 10.9 Å². The summed E-state index contributed by atoms with van der Waals surface area (Å²) in [5.74, 6) is 6.66. The Bertz CT molecular complexity index is 1380. The van der Waals surface area contributed by atoms with E-state index in [9.17, 15) is 22.7 Å². The highest BCUT2D eigenvalue weighted by Gasteiger charge is 2.30. The van der Waals surface area contributed by atoms with E-state index in [1.807, 2.05) is 38.3 Å². The summed E-state index contributed by atoms with van der Waals surface area (Å²) in [5.41, 5.74) is 1.89. The Kier molecular flexibility index (Phi) is 11.9. The highest BCUT2D eigenvalue weighted by molar-refractivity contribution is 7.98. The summed E-state index contributed by atoms with van der Waals surface area (Å²) < 4.78 is 61.6. The van der Waals surface area contributed by atoms with Crippen molar-refractivity contribution < 1.29 is 27.4 Å². The number of benzene rings is 2. The number of aromatic nitrogens is 1. The maximum absolute atomic E-state index is 14.3. The first-order chi connectivity index (χ1) is 19.5. The van der Waals surface area contributed by atoms with Crippen molar-refractivity contribution in [2.75, 3.05) is 37.2 Å². The standard InChI is InChI=1S/C31H37F4N3O2S/c1-21(2)17-22(32)10-11-23(14-16-39)37-27-8-5-9-29-26(27)18-24(38(29)20-31(33,34)35)7-6-15-36-28-13-12-25(41-4)19-30(28)40-3/h5,8-13,18-19,21-23,36-37,39H,14-17,20H2,1-4H3. The van der Waals surface area contributed by atoms with Crippen molar-refractivity contribution >= 4 is 34.0 Å². The van der Waals surface area contributed by atoms with Gasteiger partial charge >= 0.3 is 6.18 Å². The van der Waals surface area contributed by atoms with Crippen molar-refractivity contribution in [3.8, 4) is 17.6 Å². The first-order valence-corrected chi connectivity index (χ1v) is 14.6. The van der Waals surface area contributed by atoms with E-state index >= 15 is 0 Å². The molecule has 3 aromatic rings. The van der Waals surface area contributed by atoms with E-state index in [2.05, 4.69) is 22.5 Å². The fraction of sp³-hybridized carbons (Fsp3) is 0.419. The van der Waals surface area contributed by atoms with Gasteiger partial charge in [-0.05, 0) is 67.3 Å². The molecule has 0 aliphatic rings. The second-order valence-corrected chi connectivity index (χ2v) is 10.9. The maximum Gasteiger partial charge on any atom is 0.406 e. The molecule has 0 amide bonds. The van der Waals surface area contributed by atoms with Gasteiger partial charge in [-0.1, -0.05) is 38.0 Å². The summed E-state index contributed by atoms with van der Waals surface area (Å²) >= 11 is 1.59. The summed E-state index contributed by atoms with van der Waals surface area (Å²) in [6.45, 7) is 2.74. The van der Waals surface area contributed by atoms with Crippen LogP contribution in [0.5, 0.6) is 5.75 Å². The summed E-state index contributed by atoms with van der Waals surface area (Å²) in [7, 11) is 1.57. The van der Waals surface area contributed by atoms with Crippen molar-refractivity contribution in [3.63, 3.8) is 0 Å². The number of hydrogen-bond donors (Lipinski definition) is 3. The molecule has 3 N–H and O–H groups in total. The van der Waals surface area contributed by atoms with Crippen molar-refractivity contribution in [1.82, 2.24) is 4.57 Å². The van der Waals surface area contributed by atoms with Gasteiger partial charge in [0.15, 0.2) is 0 Å². The van der Waals surface area contributed by atoms with Gasteiger partial charge in [0.05, 0.1) is 30.6 Å². The van der Waals surface area contributed by atoms with E-state index < -0.39 is 24.9 Å². The zero-order valence-corrected chi connectivity index (χ0v) is 24.5. The summed E-state index contributed by atoms with van der Waals surface area (Å²) in [6, 6.07) is 12.0. The molecule has 0 aliphatic carbocycles. The first kappa shape index (κ1) is 32.2. The van der Waals surface area contributed by atoms with Crippen LogP contribution in [0.15, 0.2) is 59.5 Å². The molecular weight excluding hydrogens is 554 g/mol. The smallest absolute Gasteiger partial charge is 0.406 e. The number of anilines is 2. The van der Waals surface area contributed by atoms with Crippen LogP contribution in [0.2, 0.25) is 0 Å². The van der Waals surface area contributed by atoms with E-state index in [0.29, 0.717) is 35.2 Å². The van der Waals surface area contributed by atoms with Gasteiger partial charge in [-0.15, -0.1) is 11.8 Å². The van der Waals surface area contributed by atoms with E-state index in [1.54, 1.807) is 49.2 Å². The molecule has 1 aromatic heterocycles. The lowest BCUT2D eigenvalue weighted by atomic mass is 10.1. The van der Waals surface area contributed by atoms with Crippen LogP contribution >= 0.6 is 11.8 Å². The Labute approximate surface area is 243 Å². The van der Waals surface area contributed by atoms with E-state index in [1.165, 1.54) is 6.08 Å². The van der Waals surface area contributed by atoms with Gasteiger partial charge < -0.3 is 25.0 Å². The molecule has 2 aromatic carbocycles. The number of nitrogens with one attached hydrogen (secondary N) is 2. The number of rotatable bonds is 13. The van der Waals surface area contributed by atoms with Crippen LogP contribution in [-0.4, -0.2) is 54.6 Å². The molecule has 0 aliphatic heterocycles. The third-order valence-electron chi connectivity index (χ3n) is 6.31. The van der Waals surface area contributed by atoms with Crippen LogP contribution in [0.3, 0.4) is 0 Å². The van der Waals surface area contributed by atoms with Crippen LogP contribution < -0.4 is 15.4 Å². The number of nitrogens with zero attached hydrogens (tertiary/aromatic N) is 1. The van der Waals surface area contributed by atoms with Gasteiger partial charge in [-0.2, -0.15) is 13.2 Å². The van der Waals surface area contributed by atoms with Crippen molar-refractivity contribution in [2.45, 2.75) is 56.5 Å². The Morgan fingerprint density at radius 2 is 1.90 bits per heavy atom. The minimum atomic E-state index is -4.45. The average molecular weight is 592 g/mol. The average Bonchev–Trinajstić information content (AvgIpc) is 3.26. The monoisotopic (exact) mass is 591 g/mol. The SMILES string of the molecule is COc1cc(SC)ccc1NCC#Cc1cc2c(NC(C=CC(F)CC(C)C)CCO)cccc2n1CC(F)(F)F. The van der Waals surface area contributed by atoms with Gasteiger partial charge in [-0.25, -0.2) is 4.39 Å². The predicted molar refractivity (Wildman–Crippen MR) is 161 cm³/mol.